The van der Waals surface area contributed by atoms with Gasteiger partial charge in [-0.25, -0.2) is 13.4 Å². The van der Waals surface area contributed by atoms with E-state index in [1.165, 1.54) is 17.1 Å². The second-order valence-electron chi connectivity index (χ2n) is 6.91. The van der Waals surface area contributed by atoms with Crippen LogP contribution in [0, 0.1) is 12.8 Å². The van der Waals surface area contributed by atoms with Crippen LogP contribution in [0.25, 0.3) is 0 Å². The zero-order valence-electron chi connectivity index (χ0n) is 14.4. The first-order valence-electron chi connectivity index (χ1n) is 8.68. The van der Waals surface area contributed by atoms with Gasteiger partial charge in [-0.15, -0.1) is 0 Å². The molecule has 1 aliphatic heterocycles. The maximum Gasteiger partial charge on any atom is 0.262 e. The Balaban J connectivity index is 1.58. The molecule has 24 heavy (non-hydrogen) atoms. The molecule has 134 valence electrons. The van der Waals surface area contributed by atoms with Crippen molar-refractivity contribution < 1.29 is 13.2 Å². The van der Waals surface area contributed by atoms with E-state index >= 15 is 0 Å². The average molecular weight is 354 g/mol. The van der Waals surface area contributed by atoms with Gasteiger partial charge in [0.25, 0.3) is 10.0 Å². The SMILES string of the molecule is Cc1nc(S(=O)(=O)N2CCC(C(=O)NC3CCCC3)CC2)cn1C. The molecule has 1 saturated heterocycles. The Morgan fingerprint density at radius 1 is 1.21 bits per heavy atom. The van der Waals surface area contributed by atoms with Gasteiger partial charge in [-0.3, -0.25) is 4.79 Å². The summed E-state index contributed by atoms with van der Waals surface area (Å²) in [7, 11) is -1.79. The van der Waals surface area contributed by atoms with Crippen molar-refractivity contribution in [2.24, 2.45) is 13.0 Å². The van der Waals surface area contributed by atoms with Crippen molar-refractivity contribution in [3.63, 3.8) is 0 Å². The van der Waals surface area contributed by atoms with Gasteiger partial charge in [-0.2, -0.15) is 4.31 Å². The third-order valence-electron chi connectivity index (χ3n) is 5.22. The molecule has 1 aliphatic carbocycles. The number of imidazole rings is 1. The van der Waals surface area contributed by atoms with Crippen LogP contribution >= 0.6 is 0 Å². The number of amides is 1. The zero-order valence-corrected chi connectivity index (χ0v) is 15.2. The van der Waals surface area contributed by atoms with Crippen LogP contribution in [0.2, 0.25) is 0 Å². The van der Waals surface area contributed by atoms with E-state index < -0.39 is 10.0 Å². The third-order valence-corrected chi connectivity index (χ3v) is 6.99. The van der Waals surface area contributed by atoms with Crippen LogP contribution in [-0.4, -0.2) is 47.3 Å². The number of carbonyl (C=O) groups excluding carboxylic acids is 1. The smallest absolute Gasteiger partial charge is 0.262 e. The minimum Gasteiger partial charge on any atom is -0.353 e. The number of sulfonamides is 1. The fraction of sp³-hybridized carbons (Fsp3) is 0.750. The zero-order chi connectivity index (χ0) is 17.3. The maximum atomic E-state index is 12.7. The lowest BCUT2D eigenvalue weighted by Gasteiger charge is -2.30. The van der Waals surface area contributed by atoms with E-state index in [1.807, 2.05) is 0 Å². The van der Waals surface area contributed by atoms with E-state index in [0.717, 1.165) is 12.8 Å². The van der Waals surface area contributed by atoms with Crippen LogP contribution in [0.1, 0.15) is 44.3 Å². The number of nitrogens with one attached hydrogen (secondary N) is 1. The molecule has 7 nitrogen and oxygen atoms in total. The van der Waals surface area contributed by atoms with Gasteiger partial charge in [0.1, 0.15) is 5.82 Å². The maximum absolute atomic E-state index is 12.7. The highest BCUT2D eigenvalue weighted by atomic mass is 32.2. The van der Waals surface area contributed by atoms with Gasteiger partial charge in [-0.1, -0.05) is 12.8 Å². The minimum absolute atomic E-state index is 0.0810. The molecule has 0 unspecified atom stereocenters. The predicted molar refractivity (Wildman–Crippen MR) is 89.8 cm³/mol. The van der Waals surface area contributed by atoms with Crippen LogP contribution in [0.5, 0.6) is 0 Å². The van der Waals surface area contributed by atoms with Crippen molar-refractivity contribution in [3.8, 4) is 0 Å². The first-order chi connectivity index (χ1) is 11.4. The van der Waals surface area contributed by atoms with Gasteiger partial charge < -0.3 is 9.88 Å². The highest BCUT2D eigenvalue weighted by molar-refractivity contribution is 7.89. The van der Waals surface area contributed by atoms with Gasteiger partial charge in [-0.05, 0) is 32.6 Å². The molecule has 2 fully saturated rings. The second-order valence-corrected chi connectivity index (χ2v) is 8.79. The molecule has 0 atom stereocenters. The normalized spacial score (nSPS) is 21.2. The molecule has 1 aromatic rings. The van der Waals surface area contributed by atoms with E-state index in [9.17, 15) is 13.2 Å². The average Bonchev–Trinajstić information content (AvgIpc) is 3.18. The summed E-state index contributed by atoms with van der Waals surface area (Å²) in [5.41, 5.74) is 0. The van der Waals surface area contributed by atoms with Crippen LogP contribution in [-0.2, 0) is 21.9 Å². The Bertz CT molecular complexity index is 679. The van der Waals surface area contributed by atoms with Crippen molar-refractivity contribution in [1.29, 1.82) is 0 Å². The molecule has 2 aliphatic rings. The lowest BCUT2D eigenvalue weighted by atomic mass is 9.97. The van der Waals surface area contributed by atoms with E-state index in [2.05, 4.69) is 10.3 Å². The summed E-state index contributed by atoms with van der Waals surface area (Å²) in [6.07, 6.45) is 7.20. The molecular weight excluding hydrogens is 328 g/mol. The summed E-state index contributed by atoms with van der Waals surface area (Å²) in [6.45, 7) is 2.53. The summed E-state index contributed by atoms with van der Waals surface area (Å²) in [6, 6.07) is 0.316. The lowest BCUT2D eigenvalue weighted by Crippen LogP contribution is -2.44. The molecule has 3 rings (SSSR count). The summed E-state index contributed by atoms with van der Waals surface area (Å²) in [5.74, 6) is 0.676. The number of aromatic nitrogens is 2. The van der Waals surface area contributed by atoms with Crippen LogP contribution < -0.4 is 5.32 Å². The first kappa shape index (κ1) is 17.4. The molecule has 1 N–H and O–H groups in total. The fourth-order valence-corrected chi connectivity index (χ4v) is 5.03. The molecule has 0 aromatic carbocycles. The van der Waals surface area contributed by atoms with E-state index in [0.29, 0.717) is 37.8 Å². The fourth-order valence-electron chi connectivity index (χ4n) is 3.53. The van der Waals surface area contributed by atoms with Gasteiger partial charge in [0, 0.05) is 38.3 Å². The van der Waals surface area contributed by atoms with Gasteiger partial charge >= 0.3 is 0 Å². The summed E-state index contributed by atoms with van der Waals surface area (Å²) in [5, 5.41) is 3.22. The van der Waals surface area contributed by atoms with E-state index in [4.69, 9.17) is 0 Å². The van der Waals surface area contributed by atoms with Crippen LogP contribution in [0.4, 0.5) is 0 Å². The van der Waals surface area contributed by atoms with E-state index in [1.54, 1.807) is 24.7 Å². The summed E-state index contributed by atoms with van der Waals surface area (Å²) < 4.78 is 28.5. The lowest BCUT2D eigenvalue weighted by molar-refractivity contribution is -0.126. The molecule has 0 bridgehead atoms. The summed E-state index contributed by atoms with van der Waals surface area (Å²) in [4.78, 5) is 16.5. The number of piperidine rings is 1. The Morgan fingerprint density at radius 3 is 2.38 bits per heavy atom. The number of hydrogen-bond donors (Lipinski definition) is 1. The third kappa shape index (κ3) is 3.49. The number of rotatable bonds is 4. The van der Waals surface area contributed by atoms with Gasteiger partial charge in [0.2, 0.25) is 5.91 Å². The van der Waals surface area contributed by atoms with Crippen molar-refractivity contribution in [3.05, 3.63) is 12.0 Å². The highest BCUT2D eigenvalue weighted by Gasteiger charge is 2.34. The Hall–Kier alpha value is -1.41. The second kappa shape index (κ2) is 6.84. The van der Waals surface area contributed by atoms with Crippen LogP contribution in [0.3, 0.4) is 0 Å². The Morgan fingerprint density at radius 2 is 1.83 bits per heavy atom. The number of nitrogens with zero attached hydrogens (tertiary/aromatic N) is 3. The van der Waals surface area contributed by atoms with Gasteiger partial charge in [0.15, 0.2) is 5.03 Å². The predicted octanol–water partition coefficient (Wildman–Crippen LogP) is 1.19. The molecule has 8 heteroatoms. The number of carbonyl (C=O) groups is 1. The van der Waals surface area contributed by atoms with Gasteiger partial charge in [0.05, 0.1) is 0 Å². The largest absolute Gasteiger partial charge is 0.353 e. The monoisotopic (exact) mass is 354 g/mol. The summed E-state index contributed by atoms with van der Waals surface area (Å²) >= 11 is 0. The number of aryl methyl sites for hydroxylation is 2. The van der Waals surface area contributed by atoms with Crippen molar-refractivity contribution in [2.75, 3.05) is 13.1 Å². The Labute approximate surface area is 143 Å². The molecule has 0 radical (unpaired) electrons. The van der Waals surface area contributed by atoms with Crippen molar-refractivity contribution in [2.45, 2.75) is 56.5 Å². The highest BCUT2D eigenvalue weighted by Crippen LogP contribution is 2.25. The standard InChI is InChI=1S/C16H26N4O3S/c1-12-17-15(11-19(12)2)24(22,23)20-9-7-13(8-10-20)16(21)18-14-5-3-4-6-14/h11,13-14H,3-10H2,1-2H3,(H,18,21). The molecular formula is C16H26N4O3S. The molecule has 0 spiro atoms. The van der Waals surface area contributed by atoms with Crippen molar-refractivity contribution >= 4 is 15.9 Å². The first-order valence-corrected chi connectivity index (χ1v) is 10.1. The van der Waals surface area contributed by atoms with Crippen LogP contribution in [0.15, 0.2) is 11.2 Å². The molecule has 1 aromatic heterocycles. The number of hydrogen-bond acceptors (Lipinski definition) is 4. The quantitative estimate of drug-likeness (QED) is 0.880. The molecule has 1 saturated carbocycles. The molecule has 2 heterocycles. The topological polar surface area (TPSA) is 84.3 Å². The molecule has 1 amide bonds. The minimum atomic E-state index is -3.57. The Kier molecular flexibility index (Phi) is 4.96. The van der Waals surface area contributed by atoms with Crippen molar-refractivity contribution in [1.82, 2.24) is 19.2 Å². The van der Waals surface area contributed by atoms with E-state index in [-0.39, 0.29) is 16.9 Å².